The van der Waals surface area contributed by atoms with Gasteiger partial charge in [-0.2, -0.15) is 0 Å². The zero-order valence-electron chi connectivity index (χ0n) is 17.3. The molecular weight excluding hydrogens is 505 g/mol. The third-order valence-electron chi connectivity index (χ3n) is 5.20. The second-order valence-corrected chi connectivity index (χ2v) is 9.04. The van der Waals surface area contributed by atoms with Crippen LogP contribution in [0.4, 0.5) is 0 Å². The third kappa shape index (κ3) is 7.10. The number of hydrogen-bond donors (Lipinski definition) is 3. The normalized spacial score (nSPS) is 16.1. The highest BCUT2D eigenvalue weighted by molar-refractivity contribution is 14.0. The van der Waals surface area contributed by atoms with Crippen LogP contribution >= 0.6 is 24.0 Å². The number of benzene rings is 1. The van der Waals surface area contributed by atoms with Gasteiger partial charge < -0.3 is 15.5 Å². The molecule has 1 amide bonds. The van der Waals surface area contributed by atoms with E-state index in [1.807, 2.05) is 0 Å². The van der Waals surface area contributed by atoms with Gasteiger partial charge >= 0.3 is 0 Å². The van der Waals surface area contributed by atoms with E-state index >= 15 is 0 Å². The summed E-state index contributed by atoms with van der Waals surface area (Å²) in [6, 6.07) is 6.52. The molecule has 0 saturated heterocycles. The fourth-order valence-electron chi connectivity index (χ4n) is 3.64. The fraction of sp³-hybridized carbons (Fsp3) is 0.579. The quantitative estimate of drug-likeness (QED) is 0.276. The summed E-state index contributed by atoms with van der Waals surface area (Å²) in [5.74, 6) is 0.821. The smallest absolute Gasteiger partial charge is 0.238 e. The van der Waals surface area contributed by atoms with E-state index in [0.717, 1.165) is 31.2 Å². The highest BCUT2D eigenvalue weighted by Crippen LogP contribution is 2.38. The first-order chi connectivity index (χ1) is 13.2. The first-order valence-electron chi connectivity index (χ1n) is 9.46. The number of halogens is 1. The molecule has 29 heavy (non-hydrogen) atoms. The molecule has 1 saturated carbocycles. The van der Waals surface area contributed by atoms with E-state index in [4.69, 9.17) is 5.14 Å². The predicted molar refractivity (Wildman–Crippen MR) is 126 cm³/mol. The van der Waals surface area contributed by atoms with Crippen molar-refractivity contribution < 1.29 is 13.2 Å². The van der Waals surface area contributed by atoms with Gasteiger partial charge in [-0.3, -0.25) is 9.79 Å². The Hall–Kier alpha value is -1.40. The first-order valence-corrected chi connectivity index (χ1v) is 11.0. The number of nitrogens with zero attached hydrogens (tertiary/aromatic N) is 2. The van der Waals surface area contributed by atoms with Gasteiger partial charge in [-0.25, -0.2) is 13.6 Å². The Bertz CT molecular complexity index is 804. The lowest BCUT2D eigenvalue weighted by atomic mass is 9.84. The summed E-state index contributed by atoms with van der Waals surface area (Å²) in [5, 5.41) is 11.7. The topological polar surface area (TPSA) is 117 Å². The molecule has 0 aliphatic heterocycles. The predicted octanol–water partition coefficient (Wildman–Crippen LogP) is 1.31. The van der Waals surface area contributed by atoms with Crippen LogP contribution in [-0.4, -0.2) is 59.4 Å². The van der Waals surface area contributed by atoms with E-state index in [0.29, 0.717) is 25.5 Å². The molecule has 1 fully saturated rings. The van der Waals surface area contributed by atoms with Gasteiger partial charge in [0.15, 0.2) is 5.96 Å². The van der Waals surface area contributed by atoms with Crippen molar-refractivity contribution in [2.24, 2.45) is 15.5 Å². The molecule has 1 aliphatic carbocycles. The summed E-state index contributed by atoms with van der Waals surface area (Å²) in [6.45, 7) is 1.19. The number of amides is 1. The number of carbonyl (C=O) groups is 1. The second-order valence-electron chi connectivity index (χ2n) is 7.48. The van der Waals surface area contributed by atoms with Crippen molar-refractivity contribution in [2.75, 3.05) is 34.2 Å². The molecule has 1 aromatic carbocycles. The maximum atomic E-state index is 12.6. The molecule has 0 aromatic heterocycles. The highest BCUT2D eigenvalue weighted by Gasteiger charge is 2.42. The van der Waals surface area contributed by atoms with E-state index in [-0.39, 0.29) is 40.2 Å². The molecule has 0 radical (unpaired) electrons. The Labute approximate surface area is 190 Å². The van der Waals surface area contributed by atoms with Crippen molar-refractivity contribution in [2.45, 2.75) is 37.0 Å². The number of primary sulfonamides is 1. The van der Waals surface area contributed by atoms with Crippen molar-refractivity contribution in [3.63, 3.8) is 0 Å². The summed E-state index contributed by atoms with van der Waals surface area (Å²) < 4.78 is 22.6. The van der Waals surface area contributed by atoms with Crippen molar-refractivity contribution in [1.82, 2.24) is 15.5 Å². The van der Waals surface area contributed by atoms with Gasteiger partial charge in [0, 0.05) is 34.2 Å². The lowest BCUT2D eigenvalue weighted by molar-refractivity contribution is -0.138. The molecule has 0 unspecified atom stereocenters. The van der Waals surface area contributed by atoms with Crippen LogP contribution in [0.5, 0.6) is 0 Å². The Morgan fingerprint density at radius 2 is 1.76 bits per heavy atom. The summed E-state index contributed by atoms with van der Waals surface area (Å²) in [4.78, 5) is 18.7. The van der Waals surface area contributed by atoms with Gasteiger partial charge in [-0.15, -0.1) is 24.0 Å². The van der Waals surface area contributed by atoms with E-state index in [1.165, 1.54) is 12.1 Å². The SMILES string of the molecule is CN=C(NCCc1ccc(S(N)(=O)=O)cc1)NCC1(C(=O)N(C)C)CCCC1.I. The minimum atomic E-state index is -3.67. The van der Waals surface area contributed by atoms with Gasteiger partial charge in [0.25, 0.3) is 0 Å². The van der Waals surface area contributed by atoms with E-state index in [9.17, 15) is 13.2 Å². The largest absolute Gasteiger partial charge is 0.356 e. The average Bonchev–Trinajstić information content (AvgIpc) is 3.13. The van der Waals surface area contributed by atoms with Crippen LogP contribution in [0.2, 0.25) is 0 Å². The standard InChI is InChI=1S/C19H31N5O3S.HI/c1-21-18(23-14-19(11-4-5-12-19)17(25)24(2)3)22-13-10-15-6-8-16(9-7-15)28(20,26)27;/h6-9H,4-5,10-14H2,1-3H3,(H2,20,26,27)(H2,21,22,23);1H. The summed E-state index contributed by atoms with van der Waals surface area (Å²) in [7, 11) is 1.64. The molecule has 1 aliphatic rings. The van der Waals surface area contributed by atoms with Crippen molar-refractivity contribution in [1.29, 1.82) is 0 Å². The second kappa shape index (κ2) is 11.1. The first kappa shape index (κ1) is 25.6. The number of nitrogens with one attached hydrogen (secondary N) is 2. The summed E-state index contributed by atoms with van der Waals surface area (Å²) >= 11 is 0. The number of hydrogen-bond acceptors (Lipinski definition) is 4. The van der Waals surface area contributed by atoms with Gasteiger partial charge in [0.05, 0.1) is 10.3 Å². The summed E-state index contributed by atoms with van der Waals surface area (Å²) in [5.41, 5.74) is 0.635. The average molecular weight is 537 g/mol. The molecule has 0 spiro atoms. The molecule has 10 heteroatoms. The number of sulfonamides is 1. The van der Waals surface area contributed by atoms with Gasteiger partial charge in [0.1, 0.15) is 0 Å². The Kier molecular flexibility index (Phi) is 9.83. The molecule has 0 heterocycles. The van der Waals surface area contributed by atoms with Gasteiger partial charge in [-0.05, 0) is 37.0 Å². The molecule has 0 bridgehead atoms. The van der Waals surface area contributed by atoms with Crippen LogP contribution in [0.15, 0.2) is 34.2 Å². The molecular formula is C19H32IN5O3S. The number of guanidine groups is 1. The van der Waals surface area contributed by atoms with Crippen molar-refractivity contribution >= 4 is 45.9 Å². The van der Waals surface area contributed by atoms with Crippen molar-refractivity contribution in [3.05, 3.63) is 29.8 Å². The van der Waals surface area contributed by atoms with Crippen LogP contribution < -0.4 is 15.8 Å². The molecule has 4 N–H and O–H groups in total. The van der Waals surface area contributed by atoms with Gasteiger partial charge in [-0.1, -0.05) is 25.0 Å². The van der Waals surface area contributed by atoms with Crippen LogP contribution in [-0.2, 0) is 21.2 Å². The lowest BCUT2D eigenvalue weighted by Crippen LogP contribution is -2.49. The summed E-state index contributed by atoms with van der Waals surface area (Å²) in [6.07, 6.45) is 4.63. The number of nitrogens with two attached hydrogens (primary N) is 1. The Morgan fingerprint density at radius 1 is 1.17 bits per heavy atom. The minimum absolute atomic E-state index is 0. The molecule has 2 rings (SSSR count). The Morgan fingerprint density at radius 3 is 2.24 bits per heavy atom. The maximum Gasteiger partial charge on any atom is 0.238 e. The third-order valence-corrected chi connectivity index (χ3v) is 6.13. The highest BCUT2D eigenvalue weighted by atomic mass is 127. The van der Waals surface area contributed by atoms with Crippen LogP contribution in [0.25, 0.3) is 0 Å². The van der Waals surface area contributed by atoms with Crippen LogP contribution in [0.1, 0.15) is 31.2 Å². The number of carbonyl (C=O) groups excluding carboxylic acids is 1. The maximum absolute atomic E-state index is 12.6. The minimum Gasteiger partial charge on any atom is -0.356 e. The number of rotatable bonds is 7. The Balaban J connectivity index is 0.00000420. The zero-order chi connectivity index (χ0) is 20.8. The van der Waals surface area contributed by atoms with Crippen LogP contribution in [0, 0.1) is 5.41 Å². The molecule has 0 atom stereocenters. The molecule has 164 valence electrons. The lowest BCUT2D eigenvalue weighted by Gasteiger charge is -2.31. The number of aliphatic imine (C=N–C) groups is 1. The van der Waals surface area contributed by atoms with Gasteiger partial charge in [0.2, 0.25) is 15.9 Å². The zero-order valence-corrected chi connectivity index (χ0v) is 20.4. The van der Waals surface area contributed by atoms with E-state index < -0.39 is 10.0 Å². The fourth-order valence-corrected chi connectivity index (χ4v) is 4.15. The molecule has 1 aromatic rings. The van der Waals surface area contributed by atoms with Crippen molar-refractivity contribution in [3.8, 4) is 0 Å². The molecule has 8 nitrogen and oxygen atoms in total. The van der Waals surface area contributed by atoms with Crippen LogP contribution in [0.3, 0.4) is 0 Å². The van der Waals surface area contributed by atoms with E-state index in [2.05, 4.69) is 15.6 Å². The monoisotopic (exact) mass is 537 g/mol. The van der Waals surface area contributed by atoms with E-state index in [1.54, 1.807) is 38.2 Å².